The number of aryl methyl sites for hydroxylation is 1. The monoisotopic (exact) mass is 323 g/mol. The van der Waals surface area contributed by atoms with Crippen LogP contribution >= 0.6 is 15.9 Å². The molecule has 1 aromatic heterocycles. The summed E-state index contributed by atoms with van der Waals surface area (Å²) in [5, 5.41) is 2.73. The highest BCUT2D eigenvalue weighted by molar-refractivity contribution is 9.10. The number of pyridine rings is 1. The average Bonchev–Trinajstić information content (AvgIpc) is 2.36. The van der Waals surface area contributed by atoms with Gasteiger partial charge in [0.05, 0.1) is 11.3 Å². The molecule has 0 unspecified atom stereocenters. The third-order valence-electron chi connectivity index (χ3n) is 2.60. The number of anilines is 2. The van der Waals surface area contributed by atoms with E-state index in [0.29, 0.717) is 10.2 Å². The molecule has 19 heavy (non-hydrogen) atoms. The molecule has 0 bridgehead atoms. The van der Waals surface area contributed by atoms with E-state index < -0.39 is 5.82 Å². The van der Waals surface area contributed by atoms with E-state index in [9.17, 15) is 9.18 Å². The van der Waals surface area contributed by atoms with Crippen LogP contribution in [0.15, 0.2) is 35.1 Å². The summed E-state index contributed by atoms with van der Waals surface area (Å²) < 4.78 is 13.6. The minimum Gasteiger partial charge on any atom is -0.396 e. The standard InChI is InChI=1S/C13H11BrFN3O/c1-7-6-17-3-2-12(7)18-13(19)8-4-11(16)10(15)5-9(8)14/h2-6H,16H2,1H3,(H,17,18,19). The van der Waals surface area contributed by atoms with Crippen molar-refractivity contribution >= 4 is 33.2 Å². The summed E-state index contributed by atoms with van der Waals surface area (Å²) in [5.41, 5.74) is 7.15. The first-order valence-electron chi connectivity index (χ1n) is 5.45. The molecule has 4 nitrogen and oxygen atoms in total. The second-order valence-corrected chi connectivity index (χ2v) is 4.85. The summed E-state index contributed by atoms with van der Waals surface area (Å²) in [4.78, 5) is 16.0. The van der Waals surface area contributed by atoms with Gasteiger partial charge in [-0.25, -0.2) is 4.39 Å². The number of hydrogen-bond acceptors (Lipinski definition) is 3. The lowest BCUT2D eigenvalue weighted by molar-refractivity contribution is 0.102. The zero-order valence-corrected chi connectivity index (χ0v) is 11.7. The van der Waals surface area contributed by atoms with Crippen molar-refractivity contribution in [2.45, 2.75) is 6.92 Å². The lowest BCUT2D eigenvalue weighted by Crippen LogP contribution is -2.14. The molecule has 3 N–H and O–H groups in total. The molecule has 2 rings (SSSR count). The summed E-state index contributed by atoms with van der Waals surface area (Å²) in [6, 6.07) is 4.16. The highest BCUT2D eigenvalue weighted by Gasteiger charge is 2.14. The number of carbonyl (C=O) groups is 1. The van der Waals surface area contributed by atoms with Gasteiger partial charge in [-0.3, -0.25) is 9.78 Å². The zero-order valence-electron chi connectivity index (χ0n) is 10.1. The number of nitrogens with two attached hydrogens (primary N) is 1. The average molecular weight is 324 g/mol. The molecule has 1 amide bonds. The molecule has 0 aliphatic carbocycles. The van der Waals surface area contributed by atoms with Crippen molar-refractivity contribution in [3.8, 4) is 0 Å². The first-order chi connectivity index (χ1) is 8.99. The van der Waals surface area contributed by atoms with Gasteiger partial charge in [0.2, 0.25) is 0 Å². The largest absolute Gasteiger partial charge is 0.396 e. The minimum absolute atomic E-state index is 0.0696. The highest BCUT2D eigenvalue weighted by atomic mass is 79.9. The van der Waals surface area contributed by atoms with Crippen LogP contribution in [-0.4, -0.2) is 10.9 Å². The summed E-state index contributed by atoms with van der Waals surface area (Å²) in [5.74, 6) is -0.934. The maximum atomic E-state index is 13.2. The van der Waals surface area contributed by atoms with Gasteiger partial charge in [-0.1, -0.05) is 0 Å². The maximum Gasteiger partial charge on any atom is 0.256 e. The number of amides is 1. The van der Waals surface area contributed by atoms with Crippen molar-refractivity contribution in [1.29, 1.82) is 0 Å². The van der Waals surface area contributed by atoms with Crippen LogP contribution in [0.2, 0.25) is 0 Å². The Balaban J connectivity index is 2.31. The van der Waals surface area contributed by atoms with E-state index in [1.165, 1.54) is 12.1 Å². The smallest absolute Gasteiger partial charge is 0.256 e. The number of halogens is 2. The van der Waals surface area contributed by atoms with E-state index >= 15 is 0 Å². The molecule has 0 saturated heterocycles. The number of hydrogen-bond donors (Lipinski definition) is 2. The van der Waals surface area contributed by atoms with Gasteiger partial charge >= 0.3 is 0 Å². The summed E-state index contributed by atoms with van der Waals surface area (Å²) in [7, 11) is 0. The Kier molecular flexibility index (Phi) is 3.80. The minimum atomic E-state index is -0.566. The maximum absolute atomic E-state index is 13.2. The molecule has 0 atom stereocenters. The zero-order chi connectivity index (χ0) is 14.0. The van der Waals surface area contributed by atoms with E-state index in [1.807, 2.05) is 6.92 Å². The van der Waals surface area contributed by atoms with Crippen molar-refractivity contribution in [3.05, 3.63) is 52.0 Å². The fourth-order valence-corrected chi connectivity index (χ4v) is 2.04. The molecule has 0 spiro atoms. The Hall–Kier alpha value is -1.95. The molecular formula is C13H11BrFN3O. The lowest BCUT2D eigenvalue weighted by atomic mass is 10.1. The molecule has 0 aliphatic heterocycles. The number of nitrogen functional groups attached to an aromatic ring is 1. The predicted molar refractivity (Wildman–Crippen MR) is 75.4 cm³/mol. The van der Waals surface area contributed by atoms with Crippen LogP contribution < -0.4 is 11.1 Å². The summed E-state index contributed by atoms with van der Waals surface area (Å²) in [6.45, 7) is 1.83. The highest BCUT2D eigenvalue weighted by Crippen LogP contribution is 2.24. The SMILES string of the molecule is Cc1cnccc1NC(=O)c1cc(N)c(F)cc1Br. The molecule has 98 valence electrons. The first-order valence-corrected chi connectivity index (χ1v) is 6.25. The van der Waals surface area contributed by atoms with E-state index in [4.69, 9.17) is 5.73 Å². The fourth-order valence-electron chi connectivity index (χ4n) is 1.54. The second kappa shape index (κ2) is 5.36. The van der Waals surface area contributed by atoms with Gasteiger partial charge in [0.25, 0.3) is 5.91 Å². The number of carbonyl (C=O) groups excluding carboxylic acids is 1. The molecule has 2 aromatic rings. The number of rotatable bonds is 2. The first kappa shape index (κ1) is 13.5. The van der Waals surface area contributed by atoms with Gasteiger partial charge in [0, 0.05) is 22.6 Å². The van der Waals surface area contributed by atoms with Crippen molar-refractivity contribution in [1.82, 2.24) is 4.98 Å². The van der Waals surface area contributed by atoms with Gasteiger partial charge in [-0.2, -0.15) is 0 Å². The second-order valence-electron chi connectivity index (χ2n) is 4.00. The normalized spacial score (nSPS) is 10.3. The molecular weight excluding hydrogens is 313 g/mol. The predicted octanol–water partition coefficient (Wildman–Crippen LogP) is 3.13. The molecule has 0 saturated carbocycles. The Morgan fingerprint density at radius 3 is 2.89 bits per heavy atom. The van der Waals surface area contributed by atoms with Gasteiger partial charge in [-0.05, 0) is 46.6 Å². The Labute approximate surface area is 118 Å². The van der Waals surface area contributed by atoms with Crippen LogP contribution in [0.1, 0.15) is 15.9 Å². The van der Waals surface area contributed by atoms with Gasteiger partial charge in [0.15, 0.2) is 0 Å². The van der Waals surface area contributed by atoms with Crippen molar-refractivity contribution in [2.24, 2.45) is 0 Å². The summed E-state index contributed by atoms with van der Waals surface area (Å²) >= 11 is 3.15. The van der Waals surface area contributed by atoms with Gasteiger partial charge in [-0.15, -0.1) is 0 Å². The topological polar surface area (TPSA) is 68.0 Å². The van der Waals surface area contributed by atoms with E-state index in [-0.39, 0.29) is 17.2 Å². The quantitative estimate of drug-likeness (QED) is 0.834. The van der Waals surface area contributed by atoms with E-state index in [0.717, 1.165) is 5.56 Å². The van der Waals surface area contributed by atoms with Crippen LogP contribution in [0.5, 0.6) is 0 Å². The molecule has 1 heterocycles. The van der Waals surface area contributed by atoms with Crippen molar-refractivity contribution in [3.63, 3.8) is 0 Å². The fraction of sp³-hybridized carbons (Fsp3) is 0.0769. The van der Waals surface area contributed by atoms with Crippen LogP contribution in [0.3, 0.4) is 0 Å². The molecule has 0 fully saturated rings. The molecule has 0 radical (unpaired) electrons. The number of nitrogens with one attached hydrogen (secondary N) is 1. The van der Waals surface area contributed by atoms with Crippen LogP contribution in [0, 0.1) is 12.7 Å². The van der Waals surface area contributed by atoms with Gasteiger partial charge < -0.3 is 11.1 Å². The number of benzene rings is 1. The Bertz CT molecular complexity index is 646. The Morgan fingerprint density at radius 2 is 2.21 bits per heavy atom. The Morgan fingerprint density at radius 1 is 1.47 bits per heavy atom. The molecule has 0 aliphatic rings. The van der Waals surface area contributed by atoms with Crippen LogP contribution in [0.25, 0.3) is 0 Å². The molecule has 1 aromatic carbocycles. The van der Waals surface area contributed by atoms with Crippen molar-refractivity contribution < 1.29 is 9.18 Å². The lowest BCUT2D eigenvalue weighted by Gasteiger charge is -2.10. The van der Waals surface area contributed by atoms with Crippen molar-refractivity contribution in [2.75, 3.05) is 11.1 Å². The van der Waals surface area contributed by atoms with Gasteiger partial charge in [0.1, 0.15) is 5.82 Å². The third-order valence-corrected chi connectivity index (χ3v) is 3.26. The van der Waals surface area contributed by atoms with Crippen LogP contribution in [-0.2, 0) is 0 Å². The summed E-state index contributed by atoms with van der Waals surface area (Å²) in [6.07, 6.45) is 3.22. The number of nitrogens with zero attached hydrogens (tertiary/aromatic N) is 1. The number of aromatic nitrogens is 1. The van der Waals surface area contributed by atoms with E-state index in [1.54, 1.807) is 18.5 Å². The molecule has 6 heteroatoms. The van der Waals surface area contributed by atoms with Crippen LogP contribution in [0.4, 0.5) is 15.8 Å². The third kappa shape index (κ3) is 2.90. The van der Waals surface area contributed by atoms with E-state index in [2.05, 4.69) is 26.2 Å².